The second kappa shape index (κ2) is 7.99. The first-order chi connectivity index (χ1) is 9.69. The van der Waals surface area contributed by atoms with Gasteiger partial charge in [-0.15, -0.1) is 0 Å². The van der Waals surface area contributed by atoms with Gasteiger partial charge in [-0.05, 0) is 38.5 Å². The van der Waals surface area contributed by atoms with Gasteiger partial charge in [0.2, 0.25) is 5.91 Å². The van der Waals surface area contributed by atoms with E-state index in [4.69, 9.17) is 0 Å². The van der Waals surface area contributed by atoms with Crippen molar-refractivity contribution in [1.82, 2.24) is 15.5 Å². The number of rotatable bonds is 5. The lowest BCUT2D eigenvalue weighted by molar-refractivity contribution is -0.122. The summed E-state index contributed by atoms with van der Waals surface area (Å²) in [6.45, 7) is 5.01. The van der Waals surface area contributed by atoms with Gasteiger partial charge in [-0.1, -0.05) is 19.3 Å². The largest absolute Gasteiger partial charge is 0.358 e. The summed E-state index contributed by atoms with van der Waals surface area (Å²) in [6, 6.07) is 1.30. The molecule has 0 radical (unpaired) electrons. The normalized spacial score (nSPS) is 24.5. The number of carbonyl (C=O) groups is 1. The van der Waals surface area contributed by atoms with Crippen LogP contribution in [0.25, 0.3) is 0 Å². The molecule has 1 amide bonds. The zero-order valence-electron chi connectivity index (χ0n) is 13.2. The van der Waals surface area contributed by atoms with E-state index >= 15 is 0 Å². The van der Waals surface area contributed by atoms with Gasteiger partial charge in [0.05, 0.1) is 6.54 Å². The quantitative estimate of drug-likeness (QED) is 0.807. The van der Waals surface area contributed by atoms with Crippen LogP contribution in [0, 0.1) is 5.92 Å². The van der Waals surface area contributed by atoms with Gasteiger partial charge < -0.3 is 10.6 Å². The standard InChI is InChI=1S/C16H31N3O/c1-13(14-6-4-3-5-7-14)18-15-8-10-19(11-9-15)12-16(20)17-2/h13-15,18H,3-12H2,1-2H3,(H,17,20). The molecule has 116 valence electrons. The molecule has 1 aliphatic carbocycles. The molecule has 0 aromatic carbocycles. The molecule has 1 unspecified atom stereocenters. The summed E-state index contributed by atoms with van der Waals surface area (Å²) in [5.74, 6) is 1.01. The molecule has 2 N–H and O–H groups in total. The van der Waals surface area contributed by atoms with Crippen LogP contribution in [0.4, 0.5) is 0 Å². The highest BCUT2D eigenvalue weighted by atomic mass is 16.1. The maximum atomic E-state index is 11.4. The molecule has 0 spiro atoms. The lowest BCUT2D eigenvalue weighted by atomic mass is 9.84. The van der Waals surface area contributed by atoms with Crippen molar-refractivity contribution in [2.75, 3.05) is 26.7 Å². The van der Waals surface area contributed by atoms with Gasteiger partial charge in [0.25, 0.3) is 0 Å². The third-order valence-corrected chi connectivity index (χ3v) is 5.09. The first-order valence-corrected chi connectivity index (χ1v) is 8.38. The molecule has 0 aromatic rings. The second-order valence-corrected chi connectivity index (χ2v) is 6.58. The highest BCUT2D eigenvalue weighted by molar-refractivity contribution is 5.77. The number of likely N-dealkylation sites (N-methyl/N-ethyl adjacent to an activating group) is 1. The smallest absolute Gasteiger partial charge is 0.233 e. The number of nitrogens with one attached hydrogen (secondary N) is 2. The van der Waals surface area contributed by atoms with Gasteiger partial charge in [-0.2, -0.15) is 0 Å². The molecule has 1 atom stereocenters. The maximum absolute atomic E-state index is 11.4. The molecule has 2 fully saturated rings. The van der Waals surface area contributed by atoms with Crippen molar-refractivity contribution in [1.29, 1.82) is 0 Å². The second-order valence-electron chi connectivity index (χ2n) is 6.58. The fourth-order valence-corrected chi connectivity index (χ4v) is 3.68. The van der Waals surface area contributed by atoms with Crippen molar-refractivity contribution in [3.05, 3.63) is 0 Å². The van der Waals surface area contributed by atoms with Crippen LogP contribution in [-0.4, -0.2) is 49.6 Å². The van der Waals surface area contributed by atoms with E-state index in [2.05, 4.69) is 22.5 Å². The Hall–Kier alpha value is -0.610. The van der Waals surface area contributed by atoms with Gasteiger partial charge in [0, 0.05) is 32.2 Å². The van der Waals surface area contributed by atoms with Crippen LogP contribution in [0.5, 0.6) is 0 Å². The Balaban J connectivity index is 1.67. The molecule has 20 heavy (non-hydrogen) atoms. The molecule has 0 bridgehead atoms. The first-order valence-electron chi connectivity index (χ1n) is 8.38. The molecular weight excluding hydrogens is 250 g/mol. The van der Waals surface area contributed by atoms with Gasteiger partial charge in [0.15, 0.2) is 0 Å². The highest BCUT2D eigenvalue weighted by Crippen LogP contribution is 2.27. The summed E-state index contributed by atoms with van der Waals surface area (Å²) in [6.07, 6.45) is 9.43. The topological polar surface area (TPSA) is 44.4 Å². The number of nitrogens with zero attached hydrogens (tertiary/aromatic N) is 1. The van der Waals surface area contributed by atoms with E-state index in [-0.39, 0.29) is 5.91 Å². The van der Waals surface area contributed by atoms with Crippen LogP contribution in [0.15, 0.2) is 0 Å². The minimum absolute atomic E-state index is 0.131. The lowest BCUT2D eigenvalue weighted by Gasteiger charge is -2.36. The van der Waals surface area contributed by atoms with Crippen molar-refractivity contribution in [2.24, 2.45) is 5.92 Å². The third kappa shape index (κ3) is 4.74. The Bertz CT molecular complexity index is 294. The van der Waals surface area contributed by atoms with Gasteiger partial charge >= 0.3 is 0 Å². The highest BCUT2D eigenvalue weighted by Gasteiger charge is 2.25. The van der Waals surface area contributed by atoms with E-state index < -0.39 is 0 Å². The molecule has 2 aliphatic rings. The van der Waals surface area contributed by atoms with Crippen molar-refractivity contribution in [3.8, 4) is 0 Å². The summed E-state index contributed by atoms with van der Waals surface area (Å²) in [5, 5.41) is 6.55. The Morgan fingerprint density at radius 1 is 1.15 bits per heavy atom. The average Bonchev–Trinajstić information content (AvgIpc) is 2.50. The van der Waals surface area contributed by atoms with Crippen LogP contribution in [-0.2, 0) is 4.79 Å². The predicted octanol–water partition coefficient (Wildman–Crippen LogP) is 1.76. The molecule has 1 saturated heterocycles. The zero-order valence-corrected chi connectivity index (χ0v) is 13.2. The summed E-state index contributed by atoms with van der Waals surface area (Å²) in [4.78, 5) is 13.6. The molecule has 2 rings (SSSR count). The van der Waals surface area contributed by atoms with Crippen molar-refractivity contribution >= 4 is 5.91 Å². The van der Waals surface area contributed by atoms with Crippen LogP contribution < -0.4 is 10.6 Å². The van der Waals surface area contributed by atoms with E-state index in [0.29, 0.717) is 18.6 Å². The van der Waals surface area contributed by atoms with Crippen LogP contribution >= 0.6 is 0 Å². The third-order valence-electron chi connectivity index (χ3n) is 5.09. The van der Waals surface area contributed by atoms with Crippen LogP contribution in [0.2, 0.25) is 0 Å². The van der Waals surface area contributed by atoms with Gasteiger partial charge in [0.1, 0.15) is 0 Å². The number of piperidine rings is 1. The van der Waals surface area contributed by atoms with E-state index in [1.54, 1.807) is 7.05 Å². The summed E-state index contributed by atoms with van der Waals surface area (Å²) >= 11 is 0. The molecule has 0 aromatic heterocycles. The van der Waals surface area contributed by atoms with Crippen molar-refractivity contribution < 1.29 is 4.79 Å². The van der Waals surface area contributed by atoms with Crippen molar-refractivity contribution in [2.45, 2.75) is 64.0 Å². The van der Waals surface area contributed by atoms with Gasteiger partial charge in [-0.25, -0.2) is 0 Å². The SMILES string of the molecule is CNC(=O)CN1CCC(NC(C)C2CCCCC2)CC1. The van der Waals surface area contributed by atoms with E-state index in [1.807, 2.05) is 0 Å². The van der Waals surface area contributed by atoms with E-state index in [0.717, 1.165) is 19.0 Å². The van der Waals surface area contributed by atoms with E-state index in [1.165, 1.54) is 44.9 Å². The number of likely N-dealkylation sites (tertiary alicyclic amines) is 1. The molecule has 1 saturated carbocycles. The lowest BCUT2D eigenvalue weighted by Crippen LogP contribution is -2.49. The fourth-order valence-electron chi connectivity index (χ4n) is 3.68. The minimum Gasteiger partial charge on any atom is -0.358 e. The Morgan fingerprint density at radius 3 is 2.40 bits per heavy atom. The summed E-state index contributed by atoms with van der Waals surface area (Å²) in [7, 11) is 1.71. The number of hydrogen-bond acceptors (Lipinski definition) is 3. The Kier molecular flexibility index (Phi) is 6.30. The molecular formula is C16H31N3O. The number of hydrogen-bond donors (Lipinski definition) is 2. The average molecular weight is 281 g/mol. The maximum Gasteiger partial charge on any atom is 0.233 e. The first kappa shape index (κ1) is 15.8. The number of carbonyl (C=O) groups excluding carboxylic acids is 1. The Morgan fingerprint density at radius 2 is 1.80 bits per heavy atom. The van der Waals surface area contributed by atoms with Gasteiger partial charge in [-0.3, -0.25) is 9.69 Å². The predicted molar refractivity (Wildman–Crippen MR) is 82.7 cm³/mol. The molecule has 4 nitrogen and oxygen atoms in total. The Labute approximate surface area is 123 Å². The number of amides is 1. The van der Waals surface area contributed by atoms with Crippen molar-refractivity contribution in [3.63, 3.8) is 0 Å². The zero-order chi connectivity index (χ0) is 14.4. The molecule has 4 heteroatoms. The van der Waals surface area contributed by atoms with Crippen LogP contribution in [0.3, 0.4) is 0 Å². The summed E-state index contributed by atoms with van der Waals surface area (Å²) < 4.78 is 0. The van der Waals surface area contributed by atoms with Crippen LogP contribution in [0.1, 0.15) is 51.9 Å². The fraction of sp³-hybridized carbons (Fsp3) is 0.938. The van der Waals surface area contributed by atoms with E-state index in [9.17, 15) is 4.79 Å². The molecule has 1 heterocycles. The minimum atomic E-state index is 0.131. The molecule has 1 aliphatic heterocycles. The monoisotopic (exact) mass is 281 g/mol. The summed E-state index contributed by atoms with van der Waals surface area (Å²) in [5.41, 5.74) is 0.